The second-order valence-corrected chi connectivity index (χ2v) is 8.32. The van der Waals surface area contributed by atoms with E-state index in [0.29, 0.717) is 35.1 Å². The van der Waals surface area contributed by atoms with E-state index >= 15 is 0 Å². The highest BCUT2D eigenvalue weighted by molar-refractivity contribution is 5.99. The fourth-order valence-corrected chi connectivity index (χ4v) is 4.46. The Morgan fingerprint density at radius 1 is 1.00 bits per heavy atom. The first-order chi connectivity index (χ1) is 17.4. The van der Waals surface area contributed by atoms with Crippen LogP contribution in [0.15, 0.2) is 51.9 Å². The molecule has 190 valence electrons. The molecule has 1 aliphatic heterocycles. The van der Waals surface area contributed by atoms with E-state index in [-0.39, 0.29) is 42.3 Å². The van der Waals surface area contributed by atoms with Gasteiger partial charge in [-0.25, -0.2) is 0 Å². The number of carbonyl (C=O) groups is 2. The van der Waals surface area contributed by atoms with Gasteiger partial charge in [0.2, 0.25) is 0 Å². The molecule has 1 unspecified atom stereocenters. The Kier molecular flexibility index (Phi) is 7.33. The lowest BCUT2D eigenvalue weighted by Gasteiger charge is -2.22. The van der Waals surface area contributed by atoms with Crippen LogP contribution in [0.4, 0.5) is 0 Å². The Balaban J connectivity index is 1.65. The summed E-state index contributed by atoms with van der Waals surface area (Å²) in [5.74, 6) is 0.935. The van der Waals surface area contributed by atoms with Crippen molar-refractivity contribution in [3.05, 3.63) is 75.6 Å². The Hall–Kier alpha value is -4.21. The lowest BCUT2D eigenvalue weighted by atomic mass is 10.1. The molecule has 2 aromatic heterocycles. The average Bonchev–Trinajstić information content (AvgIpc) is 3.34. The topological polar surface area (TPSA) is 112 Å². The number of para-hydroxylation sites is 1. The van der Waals surface area contributed by atoms with E-state index in [1.165, 1.54) is 38.2 Å². The number of hydrogen-bond donors (Lipinski definition) is 1. The largest absolute Gasteiger partial charge is 0.496 e. The highest BCUT2D eigenvalue weighted by atomic mass is 16.5. The molecule has 1 aromatic carbocycles. The van der Waals surface area contributed by atoms with Crippen LogP contribution in [-0.4, -0.2) is 55.7 Å². The molecule has 0 fully saturated rings. The number of rotatable bonds is 7. The lowest BCUT2D eigenvalue weighted by molar-refractivity contribution is 0.0755. The zero-order valence-electron chi connectivity index (χ0n) is 20.7. The van der Waals surface area contributed by atoms with Gasteiger partial charge in [0.25, 0.3) is 17.4 Å². The van der Waals surface area contributed by atoms with Gasteiger partial charge in [-0.2, -0.15) is 0 Å². The van der Waals surface area contributed by atoms with Crippen molar-refractivity contribution in [1.29, 1.82) is 0 Å². The van der Waals surface area contributed by atoms with Crippen molar-refractivity contribution >= 4 is 11.8 Å². The third-order valence-electron chi connectivity index (χ3n) is 6.28. The zero-order valence-corrected chi connectivity index (χ0v) is 20.7. The van der Waals surface area contributed by atoms with Gasteiger partial charge >= 0.3 is 0 Å². The maximum absolute atomic E-state index is 13.4. The molecule has 1 aliphatic rings. The van der Waals surface area contributed by atoms with Crippen LogP contribution in [0.3, 0.4) is 0 Å². The van der Waals surface area contributed by atoms with Gasteiger partial charge in [-0.15, -0.1) is 0 Å². The van der Waals surface area contributed by atoms with Crippen molar-refractivity contribution in [2.45, 2.75) is 25.9 Å². The minimum absolute atomic E-state index is 0.185. The summed E-state index contributed by atoms with van der Waals surface area (Å²) in [6.45, 7) is 2.60. The maximum Gasteiger partial charge on any atom is 0.257 e. The molecular formula is C26H29N3O7. The summed E-state index contributed by atoms with van der Waals surface area (Å²) < 4.78 is 23.1. The maximum atomic E-state index is 13.4. The third-order valence-corrected chi connectivity index (χ3v) is 6.28. The molecule has 4 rings (SSSR count). The van der Waals surface area contributed by atoms with E-state index < -0.39 is 11.9 Å². The van der Waals surface area contributed by atoms with E-state index in [2.05, 4.69) is 5.32 Å². The van der Waals surface area contributed by atoms with Crippen LogP contribution in [0.5, 0.6) is 17.2 Å². The zero-order chi connectivity index (χ0) is 25.8. The molecule has 10 nitrogen and oxygen atoms in total. The number of ether oxygens (including phenoxy) is 3. The van der Waals surface area contributed by atoms with Crippen molar-refractivity contribution in [1.82, 2.24) is 14.8 Å². The molecular weight excluding hydrogens is 466 g/mol. The fourth-order valence-electron chi connectivity index (χ4n) is 4.46. The molecule has 0 bridgehead atoms. The van der Waals surface area contributed by atoms with Gasteiger partial charge in [0.15, 0.2) is 11.5 Å². The normalized spacial score (nSPS) is 13.8. The van der Waals surface area contributed by atoms with Gasteiger partial charge in [-0.1, -0.05) is 6.07 Å². The summed E-state index contributed by atoms with van der Waals surface area (Å²) >= 11 is 0. The van der Waals surface area contributed by atoms with Crippen LogP contribution in [0, 0.1) is 0 Å². The van der Waals surface area contributed by atoms with Crippen molar-refractivity contribution in [3.63, 3.8) is 0 Å². The average molecular weight is 496 g/mol. The predicted molar refractivity (Wildman–Crippen MR) is 131 cm³/mol. The summed E-state index contributed by atoms with van der Waals surface area (Å²) in [5.41, 5.74) is 0.837. The smallest absolute Gasteiger partial charge is 0.257 e. The molecule has 36 heavy (non-hydrogen) atoms. The van der Waals surface area contributed by atoms with Crippen molar-refractivity contribution in [3.8, 4) is 17.2 Å². The molecule has 0 radical (unpaired) electrons. The number of aromatic nitrogens is 1. The molecule has 0 saturated heterocycles. The van der Waals surface area contributed by atoms with Crippen molar-refractivity contribution < 1.29 is 28.2 Å². The number of amides is 2. The second kappa shape index (κ2) is 10.6. The first kappa shape index (κ1) is 24.9. The quantitative estimate of drug-likeness (QED) is 0.536. The van der Waals surface area contributed by atoms with E-state index in [4.69, 9.17) is 18.6 Å². The first-order valence-corrected chi connectivity index (χ1v) is 11.5. The van der Waals surface area contributed by atoms with Gasteiger partial charge in [0.1, 0.15) is 17.1 Å². The summed E-state index contributed by atoms with van der Waals surface area (Å²) in [7, 11) is 4.40. The minimum Gasteiger partial charge on any atom is -0.496 e. The third kappa shape index (κ3) is 4.66. The second-order valence-electron chi connectivity index (χ2n) is 8.32. The number of benzene rings is 1. The molecule has 2 amide bonds. The van der Waals surface area contributed by atoms with E-state index in [1.54, 1.807) is 42.2 Å². The number of furan rings is 1. The first-order valence-electron chi connectivity index (χ1n) is 11.5. The van der Waals surface area contributed by atoms with Crippen LogP contribution in [0.25, 0.3) is 0 Å². The van der Waals surface area contributed by atoms with Crippen molar-refractivity contribution in [2.24, 2.45) is 0 Å². The molecule has 0 aliphatic carbocycles. The number of hydrogen-bond acceptors (Lipinski definition) is 7. The van der Waals surface area contributed by atoms with Gasteiger partial charge in [0.05, 0.1) is 39.2 Å². The Bertz CT molecular complexity index is 1310. The Morgan fingerprint density at radius 2 is 1.78 bits per heavy atom. The van der Waals surface area contributed by atoms with Crippen LogP contribution >= 0.6 is 0 Å². The van der Waals surface area contributed by atoms with Gasteiger partial charge < -0.3 is 33.4 Å². The fraction of sp³-hybridized carbons (Fsp3) is 0.346. The highest BCUT2D eigenvalue weighted by Crippen LogP contribution is 2.32. The SMILES string of the molecule is COc1cccc(C(=O)N2CCc3c(C(=O)NC(C)c4ccco4)c(OC)cc(=O)n3CC2)c1OC. The predicted octanol–water partition coefficient (Wildman–Crippen LogP) is 2.66. The van der Waals surface area contributed by atoms with Gasteiger partial charge in [-0.05, 0) is 31.2 Å². The van der Waals surface area contributed by atoms with E-state index in [0.717, 1.165) is 0 Å². The van der Waals surface area contributed by atoms with E-state index in [9.17, 15) is 14.4 Å². The van der Waals surface area contributed by atoms with Crippen molar-refractivity contribution in [2.75, 3.05) is 34.4 Å². The highest BCUT2D eigenvalue weighted by Gasteiger charge is 2.29. The number of methoxy groups -OCH3 is 3. The Morgan fingerprint density at radius 3 is 2.44 bits per heavy atom. The molecule has 0 spiro atoms. The van der Waals surface area contributed by atoms with Crippen LogP contribution in [-0.2, 0) is 13.0 Å². The molecule has 1 atom stereocenters. The number of nitrogens with zero attached hydrogens (tertiary/aromatic N) is 2. The lowest BCUT2D eigenvalue weighted by Crippen LogP contribution is -2.34. The number of nitrogens with one attached hydrogen (secondary N) is 1. The van der Waals surface area contributed by atoms with Crippen LogP contribution in [0.2, 0.25) is 0 Å². The standard InChI is InChI=1S/C26H29N3O7/c1-16(19-9-6-14-36-19)27-25(31)23-18-10-11-28(12-13-29(18)22(30)15-21(23)34-3)26(32)17-7-5-8-20(33-2)24(17)35-4/h5-9,14-16H,10-13H2,1-4H3,(H,27,31). The molecule has 0 saturated carbocycles. The van der Waals surface area contributed by atoms with Gasteiger partial charge in [-0.3, -0.25) is 14.4 Å². The molecule has 3 heterocycles. The summed E-state index contributed by atoms with van der Waals surface area (Å²) in [6, 6.07) is 9.54. The van der Waals surface area contributed by atoms with Crippen LogP contribution in [0.1, 0.15) is 45.1 Å². The van der Waals surface area contributed by atoms with E-state index in [1.807, 2.05) is 0 Å². The molecule has 1 N–H and O–H groups in total. The number of carbonyl (C=O) groups excluding carboxylic acids is 2. The van der Waals surface area contributed by atoms with Gasteiger partial charge in [0, 0.05) is 37.8 Å². The molecule has 10 heteroatoms. The molecule has 3 aromatic rings. The Labute approximate surface area is 208 Å². The summed E-state index contributed by atoms with van der Waals surface area (Å²) in [5, 5.41) is 2.91. The summed E-state index contributed by atoms with van der Waals surface area (Å²) in [6.07, 6.45) is 1.82. The van der Waals surface area contributed by atoms with Crippen LogP contribution < -0.4 is 25.1 Å². The monoisotopic (exact) mass is 495 g/mol. The number of fused-ring (bicyclic) bond motifs is 1. The summed E-state index contributed by atoms with van der Waals surface area (Å²) in [4.78, 5) is 41.4. The number of pyridine rings is 1. The minimum atomic E-state index is -0.395.